The number of carbonyl (C=O) groups excluding carboxylic acids is 1. The van der Waals surface area contributed by atoms with E-state index in [0.717, 1.165) is 32.1 Å². The van der Waals surface area contributed by atoms with Crippen LogP contribution in [0.15, 0.2) is 0 Å². The van der Waals surface area contributed by atoms with Crippen LogP contribution in [0.5, 0.6) is 0 Å². The van der Waals surface area contributed by atoms with Crippen molar-refractivity contribution in [1.29, 1.82) is 0 Å². The zero-order chi connectivity index (χ0) is 13.9. The molecule has 6 heteroatoms. The Morgan fingerprint density at radius 2 is 1.84 bits per heavy atom. The highest BCUT2D eigenvalue weighted by Gasteiger charge is 2.41. The molecule has 19 heavy (non-hydrogen) atoms. The first-order chi connectivity index (χ1) is 9.05. The molecule has 0 spiro atoms. The Balaban J connectivity index is 1.84. The van der Waals surface area contributed by atoms with Crippen molar-refractivity contribution in [3.05, 3.63) is 0 Å². The molecule has 2 fully saturated rings. The van der Waals surface area contributed by atoms with Gasteiger partial charge in [-0.05, 0) is 25.7 Å². The van der Waals surface area contributed by atoms with Crippen LogP contribution in [0.25, 0.3) is 0 Å². The number of carbonyl (C=O) groups is 2. The van der Waals surface area contributed by atoms with Crippen molar-refractivity contribution in [2.45, 2.75) is 62.6 Å². The van der Waals surface area contributed by atoms with Crippen LogP contribution in [0.1, 0.15) is 44.9 Å². The van der Waals surface area contributed by atoms with Gasteiger partial charge in [0.2, 0.25) is 0 Å². The Morgan fingerprint density at radius 3 is 2.37 bits per heavy atom. The Labute approximate surface area is 112 Å². The molecular weight excluding hydrogens is 248 g/mol. The molecule has 0 aromatic rings. The van der Waals surface area contributed by atoms with Crippen molar-refractivity contribution in [3.8, 4) is 0 Å². The number of hydrogen-bond donors (Lipinski definition) is 3. The van der Waals surface area contributed by atoms with Crippen molar-refractivity contribution in [1.82, 2.24) is 10.6 Å². The van der Waals surface area contributed by atoms with Gasteiger partial charge in [-0.1, -0.05) is 19.3 Å². The second kappa shape index (κ2) is 5.77. The normalized spacial score (nSPS) is 29.1. The Morgan fingerprint density at radius 1 is 1.21 bits per heavy atom. The van der Waals surface area contributed by atoms with Crippen molar-refractivity contribution in [2.75, 3.05) is 7.11 Å². The summed E-state index contributed by atoms with van der Waals surface area (Å²) in [7, 11) is 1.66. The number of carboxylic acid groups (broad SMARTS) is 1. The molecule has 0 aliphatic heterocycles. The van der Waals surface area contributed by atoms with E-state index in [4.69, 9.17) is 4.74 Å². The highest BCUT2D eigenvalue weighted by Crippen LogP contribution is 2.29. The smallest absolute Gasteiger partial charge is 0.329 e. The summed E-state index contributed by atoms with van der Waals surface area (Å²) in [5, 5.41) is 14.8. The predicted octanol–water partition coefficient (Wildman–Crippen LogP) is 1.25. The number of methoxy groups -OCH3 is 1. The van der Waals surface area contributed by atoms with Crippen LogP contribution in [-0.4, -0.2) is 41.9 Å². The summed E-state index contributed by atoms with van der Waals surface area (Å²) in [5.74, 6) is -0.925. The van der Waals surface area contributed by atoms with Crippen molar-refractivity contribution < 1.29 is 19.4 Å². The van der Waals surface area contributed by atoms with Crippen LogP contribution in [0.3, 0.4) is 0 Å². The summed E-state index contributed by atoms with van der Waals surface area (Å²) >= 11 is 0. The molecule has 0 aromatic carbocycles. The van der Waals surface area contributed by atoms with Crippen molar-refractivity contribution in [2.24, 2.45) is 0 Å². The number of amides is 2. The van der Waals surface area contributed by atoms with E-state index >= 15 is 0 Å². The number of hydrogen-bond acceptors (Lipinski definition) is 3. The van der Waals surface area contributed by atoms with Crippen molar-refractivity contribution >= 4 is 12.0 Å². The summed E-state index contributed by atoms with van der Waals surface area (Å²) < 4.78 is 5.14. The molecule has 0 heterocycles. The second-order valence-corrected chi connectivity index (χ2v) is 5.57. The van der Waals surface area contributed by atoms with Crippen LogP contribution in [0.4, 0.5) is 4.79 Å². The van der Waals surface area contributed by atoms with Gasteiger partial charge < -0.3 is 20.5 Å². The van der Waals surface area contributed by atoms with E-state index in [9.17, 15) is 14.7 Å². The molecule has 0 bridgehead atoms. The Bertz CT molecular complexity index is 347. The van der Waals surface area contributed by atoms with E-state index in [0.29, 0.717) is 12.8 Å². The van der Waals surface area contributed by atoms with E-state index < -0.39 is 11.5 Å². The minimum Gasteiger partial charge on any atom is -0.480 e. The molecule has 0 unspecified atom stereocenters. The number of urea groups is 1. The molecule has 2 amide bonds. The zero-order valence-corrected chi connectivity index (χ0v) is 11.3. The average molecular weight is 270 g/mol. The van der Waals surface area contributed by atoms with Crippen LogP contribution >= 0.6 is 0 Å². The van der Waals surface area contributed by atoms with Crippen LogP contribution in [0.2, 0.25) is 0 Å². The second-order valence-electron chi connectivity index (χ2n) is 5.57. The quantitative estimate of drug-likeness (QED) is 0.717. The Kier molecular flexibility index (Phi) is 4.29. The summed E-state index contributed by atoms with van der Waals surface area (Å²) in [4.78, 5) is 23.3. The molecule has 6 nitrogen and oxygen atoms in total. The molecule has 0 atom stereocenters. The van der Waals surface area contributed by atoms with Crippen LogP contribution < -0.4 is 10.6 Å². The molecule has 2 rings (SSSR count). The van der Waals surface area contributed by atoms with Gasteiger partial charge in [-0.2, -0.15) is 0 Å². The molecule has 2 aliphatic carbocycles. The van der Waals surface area contributed by atoms with Crippen molar-refractivity contribution in [3.63, 3.8) is 0 Å². The standard InChI is InChI=1S/C13H22N2O4/c1-19-10-7-9(8-10)14-12(18)15-13(11(16)17)5-3-2-4-6-13/h9-10H,2-8H2,1H3,(H,16,17)(H2,14,15,18). The summed E-state index contributed by atoms with van der Waals surface area (Å²) in [6.45, 7) is 0. The third kappa shape index (κ3) is 3.18. The summed E-state index contributed by atoms with van der Waals surface area (Å²) in [5.41, 5.74) is -1.08. The van der Waals surface area contributed by atoms with Gasteiger partial charge in [0.15, 0.2) is 0 Å². The van der Waals surface area contributed by atoms with E-state index in [1.807, 2.05) is 0 Å². The van der Waals surface area contributed by atoms with E-state index in [1.54, 1.807) is 7.11 Å². The first-order valence-corrected chi connectivity index (χ1v) is 6.90. The summed E-state index contributed by atoms with van der Waals surface area (Å²) in [6, 6.07) is -0.275. The van der Waals surface area contributed by atoms with Gasteiger partial charge >= 0.3 is 12.0 Å². The minimum absolute atomic E-state index is 0.0967. The first-order valence-electron chi connectivity index (χ1n) is 6.90. The van der Waals surface area contributed by atoms with Gasteiger partial charge in [0.25, 0.3) is 0 Å². The monoisotopic (exact) mass is 270 g/mol. The van der Waals surface area contributed by atoms with E-state index in [1.165, 1.54) is 0 Å². The maximum Gasteiger partial charge on any atom is 0.329 e. The maximum absolute atomic E-state index is 11.9. The number of nitrogens with one attached hydrogen (secondary N) is 2. The van der Waals surface area contributed by atoms with Gasteiger partial charge in [0.1, 0.15) is 5.54 Å². The lowest BCUT2D eigenvalue weighted by Crippen LogP contribution is -2.60. The average Bonchev–Trinajstić information content (AvgIpc) is 2.34. The minimum atomic E-state index is -1.08. The SMILES string of the molecule is COC1CC(NC(=O)NC2(C(=O)O)CCCCC2)C1. The molecule has 0 aromatic heterocycles. The molecule has 0 saturated heterocycles. The maximum atomic E-state index is 11.9. The fourth-order valence-electron chi connectivity index (χ4n) is 2.86. The van der Waals surface area contributed by atoms with Crippen LogP contribution in [0, 0.1) is 0 Å². The topological polar surface area (TPSA) is 87.7 Å². The number of ether oxygens (including phenoxy) is 1. The molecule has 0 radical (unpaired) electrons. The largest absolute Gasteiger partial charge is 0.480 e. The van der Waals surface area contributed by atoms with Gasteiger partial charge in [0, 0.05) is 13.2 Å². The fourth-order valence-corrected chi connectivity index (χ4v) is 2.86. The zero-order valence-electron chi connectivity index (χ0n) is 11.3. The van der Waals surface area contributed by atoms with Gasteiger partial charge in [-0.3, -0.25) is 0 Å². The lowest BCUT2D eigenvalue weighted by Gasteiger charge is -2.37. The molecule has 2 saturated carbocycles. The highest BCUT2D eigenvalue weighted by molar-refractivity contribution is 5.86. The Hall–Kier alpha value is -1.30. The fraction of sp³-hybridized carbons (Fsp3) is 0.846. The lowest BCUT2D eigenvalue weighted by atomic mass is 9.82. The molecule has 108 valence electrons. The molecular formula is C13H22N2O4. The van der Waals surface area contributed by atoms with Gasteiger partial charge in [0.05, 0.1) is 6.10 Å². The number of carboxylic acids is 1. The van der Waals surface area contributed by atoms with Crippen LogP contribution in [-0.2, 0) is 9.53 Å². The third-order valence-electron chi connectivity index (χ3n) is 4.23. The third-order valence-corrected chi connectivity index (χ3v) is 4.23. The predicted molar refractivity (Wildman–Crippen MR) is 68.9 cm³/mol. The van der Waals surface area contributed by atoms with E-state index in [2.05, 4.69) is 10.6 Å². The first kappa shape index (κ1) is 14.1. The van der Waals surface area contributed by atoms with E-state index in [-0.39, 0.29) is 18.2 Å². The molecule has 3 N–H and O–H groups in total. The summed E-state index contributed by atoms with van der Waals surface area (Å²) in [6.07, 6.45) is 5.57. The van der Waals surface area contributed by atoms with Gasteiger partial charge in [-0.15, -0.1) is 0 Å². The highest BCUT2D eigenvalue weighted by atomic mass is 16.5. The number of rotatable bonds is 4. The lowest BCUT2D eigenvalue weighted by molar-refractivity contribution is -0.145. The number of aliphatic carboxylic acids is 1. The van der Waals surface area contributed by atoms with Gasteiger partial charge in [-0.25, -0.2) is 9.59 Å². The molecule has 2 aliphatic rings.